The molecule has 0 saturated heterocycles. The third kappa shape index (κ3) is 3.60. The Morgan fingerprint density at radius 1 is 1.32 bits per heavy atom. The van der Waals surface area contributed by atoms with Crippen LogP contribution in [0, 0.1) is 0 Å². The van der Waals surface area contributed by atoms with Crippen LogP contribution in [0.25, 0.3) is 0 Å². The molecule has 3 N–H and O–H groups in total. The predicted octanol–water partition coefficient (Wildman–Crippen LogP) is 4.70. The molecule has 0 amide bonds. The van der Waals surface area contributed by atoms with Gasteiger partial charge in [0.2, 0.25) is 0 Å². The van der Waals surface area contributed by atoms with Gasteiger partial charge in [0.05, 0.1) is 13.7 Å². The first-order valence-corrected chi connectivity index (χ1v) is 8.39. The third-order valence-electron chi connectivity index (χ3n) is 2.91. The molecular formula is C13H12Br2ClNOS. The van der Waals surface area contributed by atoms with Crippen molar-refractivity contribution in [2.45, 2.75) is 12.0 Å². The van der Waals surface area contributed by atoms with Gasteiger partial charge in [0.25, 0.3) is 0 Å². The Labute approximate surface area is 137 Å². The standard InChI is InChI=1S/C13H12Br2ClNOS/c14-11-5-9(13(15)19-11)12(18)10(6-17)7-2-1-3-8(16)4-7/h1-5,10,12,18H,6,17H2. The molecule has 2 rings (SSSR count). The molecule has 6 heteroatoms. The third-order valence-corrected chi connectivity index (χ3v) is 5.53. The molecule has 2 atom stereocenters. The second-order valence-corrected chi connectivity index (χ2v) is 8.31. The molecule has 0 saturated carbocycles. The van der Waals surface area contributed by atoms with Crippen LogP contribution in [0.2, 0.25) is 5.02 Å². The Kier molecular flexibility index (Phi) is 5.45. The zero-order valence-electron chi connectivity index (χ0n) is 9.82. The van der Waals surface area contributed by atoms with Crippen molar-refractivity contribution < 1.29 is 5.11 Å². The number of hydrogen-bond acceptors (Lipinski definition) is 3. The Morgan fingerprint density at radius 3 is 2.58 bits per heavy atom. The van der Waals surface area contributed by atoms with Crippen molar-refractivity contribution in [3.63, 3.8) is 0 Å². The van der Waals surface area contributed by atoms with Crippen molar-refractivity contribution >= 4 is 54.8 Å². The number of aliphatic hydroxyl groups is 1. The van der Waals surface area contributed by atoms with Crippen LogP contribution in [-0.4, -0.2) is 11.7 Å². The Bertz CT molecular complexity index is 576. The number of thiophene rings is 1. The van der Waals surface area contributed by atoms with E-state index in [2.05, 4.69) is 31.9 Å². The van der Waals surface area contributed by atoms with Crippen LogP contribution < -0.4 is 5.73 Å². The fraction of sp³-hybridized carbons (Fsp3) is 0.231. The number of rotatable bonds is 4. The fourth-order valence-electron chi connectivity index (χ4n) is 1.96. The van der Waals surface area contributed by atoms with Gasteiger partial charge in [-0.25, -0.2) is 0 Å². The summed E-state index contributed by atoms with van der Waals surface area (Å²) >= 11 is 14.4. The van der Waals surface area contributed by atoms with Gasteiger partial charge in [-0.15, -0.1) is 11.3 Å². The van der Waals surface area contributed by atoms with Gasteiger partial charge in [-0.05, 0) is 55.6 Å². The van der Waals surface area contributed by atoms with Crippen molar-refractivity contribution in [3.05, 3.63) is 54.1 Å². The lowest BCUT2D eigenvalue weighted by atomic mass is 9.90. The minimum Gasteiger partial charge on any atom is -0.388 e. The van der Waals surface area contributed by atoms with Crippen LogP contribution in [0.5, 0.6) is 0 Å². The quantitative estimate of drug-likeness (QED) is 0.746. The first kappa shape index (κ1) is 15.5. The monoisotopic (exact) mass is 423 g/mol. The van der Waals surface area contributed by atoms with Gasteiger partial charge in [-0.1, -0.05) is 23.7 Å². The molecule has 2 nitrogen and oxygen atoms in total. The molecular weight excluding hydrogens is 413 g/mol. The highest BCUT2D eigenvalue weighted by molar-refractivity contribution is 9.12. The number of hydrogen-bond donors (Lipinski definition) is 2. The first-order chi connectivity index (χ1) is 9.02. The summed E-state index contributed by atoms with van der Waals surface area (Å²) in [4.78, 5) is 0. The van der Waals surface area contributed by atoms with Crippen LogP contribution in [0.4, 0.5) is 0 Å². The zero-order chi connectivity index (χ0) is 14.0. The first-order valence-electron chi connectivity index (χ1n) is 5.61. The molecule has 102 valence electrons. The van der Waals surface area contributed by atoms with Crippen molar-refractivity contribution in [1.82, 2.24) is 0 Å². The second-order valence-electron chi connectivity index (χ2n) is 4.12. The zero-order valence-corrected chi connectivity index (χ0v) is 14.6. The molecule has 0 bridgehead atoms. The van der Waals surface area contributed by atoms with Crippen molar-refractivity contribution in [1.29, 1.82) is 0 Å². The summed E-state index contributed by atoms with van der Waals surface area (Å²) in [5.41, 5.74) is 7.60. The smallest absolute Gasteiger partial charge is 0.0890 e. The summed E-state index contributed by atoms with van der Waals surface area (Å²) in [5, 5.41) is 11.2. The maximum Gasteiger partial charge on any atom is 0.0890 e. The van der Waals surface area contributed by atoms with Gasteiger partial charge >= 0.3 is 0 Å². The fourth-order valence-corrected chi connectivity index (χ4v) is 5.07. The predicted molar refractivity (Wildman–Crippen MR) is 87.9 cm³/mol. The van der Waals surface area contributed by atoms with Crippen molar-refractivity contribution in [2.75, 3.05) is 6.54 Å². The van der Waals surface area contributed by atoms with Crippen LogP contribution in [0.1, 0.15) is 23.1 Å². The summed E-state index contributed by atoms with van der Waals surface area (Å²) in [6, 6.07) is 9.36. The summed E-state index contributed by atoms with van der Waals surface area (Å²) < 4.78 is 1.88. The number of halogens is 3. The van der Waals surface area contributed by atoms with Gasteiger partial charge in [-0.3, -0.25) is 0 Å². The van der Waals surface area contributed by atoms with E-state index in [1.807, 2.05) is 30.3 Å². The topological polar surface area (TPSA) is 46.2 Å². The minimum atomic E-state index is -0.666. The van der Waals surface area contributed by atoms with E-state index in [1.165, 1.54) is 11.3 Å². The van der Waals surface area contributed by atoms with Gasteiger partial charge in [0.1, 0.15) is 0 Å². The average molecular weight is 426 g/mol. The molecule has 2 aromatic rings. The van der Waals surface area contributed by atoms with Crippen LogP contribution in [0.3, 0.4) is 0 Å². The summed E-state index contributed by atoms with van der Waals surface area (Å²) in [7, 11) is 0. The van der Waals surface area contributed by atoms with Crippen LogP contribution >= 0.6 is 54.8 Å². The molecule has 0 aliphatic rings. The summed E-state index contributed by atoms with van der Waals surface area (Å²) in [5.74, 6) is -0.184. The summed E-state index contributed by atoms with van der Waals surface area (Å²) in [6.45, 7) is 0.349. The lowest BCUT2D eigenvalue weighted by Crippen LogP contribution is -2.20. The summed E-state index contributed by atoms with van der Waals surface area (Å²) in [6.07, 6.45) is -0.666. The van der Waals surface area contributed by atoms with E-state index in [-0.39, 0.29) is 5.92 Å². The lowest BCUT2D eigenvalue weighted by Gasteiger charge is -2.22. The van der Waals surface area contributed by atoms with E-state index in [1.54, 1.807) is 0 Å². The molecule has 1 aromatic carbocycles. The molecule has 0 spiro atoms. The van der Waals surface area contributed by atoms with Crippen LogP contribution in [0.15, 0.2) is 37.9 Å². The highest BCUT2D eigenvalue weighted by Crippen LogP contribution is 2.40. The maximum absolute atomic E-state index is 10.6. The number of nitrogens with two attached hydrogens (primary N) is 1. The average Bonchev–Trinajstić information content (AvgIpc) is 2.69. The molecule has 0 aliphatic heterocycles. The highest BCUT2D eigenvalue weighted by atomic mass is 79.9. The Morgan fingerprint density at radius 2 is 2.05 bits per heavy atom. The second kappa shape index (κ2) is 6.70. The van der Waals surface area contributed by atoms with E-state index in [0.717, 1.165) is 18.7 Å². The maximum atomic E-state index is 10.6. The molecule has 1 aromatic heterocycles. The highest BCUT2D eigenvalue weighted by Gasteiger charge is 2.25. The van der Waals surface area contributed by atoms with Gasteiger partial charge in [0, 0.05) is 23.0 Å². The molecule has 1 heterocycles. The molecule has 0 fully saturated rings. The minimum absolute atomic E-state index is 0.184. The van der Waals surface area contributed by atoms with E-state index in [9.17, 15) is 5.11 Å². The van der Waals surface area contributed by atoms with Crippen molar-refractivity contribution in [3.8, 4) is 0 Å². The van der Waals surface area contributed by atoms with E-state index in [4.69, 9.17) is 17.3 Å². The SMILES string of the molecule is NCC(c1cccc(Cl)c1)C(O)c1cc(Br)sc1Br. The Hall–Kier alpha value is 0.0900. The Balaban J connectivity index is 2.34. The molecule has 0 aliphatic carbocycles. The lowest BCUT2D eigenvalue weighted by molar-refractivity contribution is 0.147. The molecule has 0 radical (unpaired) electrons. The number of benzene rings is 1. The van der Waals surface area contributed by atoms with Gasteiger partial charge in [-0.2, -0.15) is 0 Å². The van der Waals surface area contributed by atoms with Crippen LogP contribution in [-0.2, 0) is 0 Å². The normalized spacial score (nSPS) is 14.4. The van der Waals surface area contributed by atoms with E-state index < -0.39 is 6.10 Å². The van der Waals surface area contributed by atoms with E-state index in [0.29, 0.717) is 11.6 Å². The molecule has 19 heavy (non-hydrogen) atoms. The van der Waals surface area contributed by atoms with Gasteiger partial charge < -0.3 is 10.8 Å². The van der Waals surface area contributed by atoms with Gasteiger partial charge in [0.15, 0.2) is 0 Å². The molecule has 2 unspecified atom stereocenters. The largest absolute Gasteiger partial charge is 0.388 e. The van der Waals surface area contributed by atoms with E-state index >= 15 is 0 Å². The number of aliphatic hydroxyl groups excluding tert-OH is 1. The van der Waals surface area contributed by atoms with Crippen molar-refractivity contribution in [2.24, 2.45) is 5.73 Å².